The van der Waals surface area contributed by atoms with E-state index < -0.39 is 0 Å². The SMILES string of the molecule is CC(=S)Oc1nnc(OC(C)=S)s1. The van der Waals surface area contributed by atoms with Gasteiger partial charge in [-0.05, 0) is 35.8 Å². The van der Waals surface area contributed by atoms with Gasteiger partial charge in [0, 0.05) is 13.8 Å². The smallest absolute Gasteiger partial charge is 0.303 e. The molecule has 0 unspecified atom stereocenters. The summed E-state index contributed by atoms with van der Waals surface area (Å²) in [4.78, 5) is 0. The summed E-state index contributed by atoms with van der Waals surface area (Å²) >= 11 is 10.6. The Kier molecular flexibility index (Phi) is 3.64. The molecule has 0 aliphatic heterocycles. The Bertz CT molecular complexity index is 306. The molecule has 0 spiro atoms. The van der Waals surface area contributed by atoms with Crippen LogP contribution in [-0.2, 0) is 0 Å². The van der Waals surface area contributed by atoms with Crippen molar-refractivity contribution in [2.75, 3.05) is 0 Å². The maximum Gasteiger partial charge on any atom is 0.303 e. The molecule has 0 amide bonds. The molecule has 13 heavy (non-hydrogen) atoms. The lowest BCUT2D eigenvalue weighted by Crippen LogP contribution is -1.97. The van der Waals surface area contributed by atoms with E-state index in [4.69, 9.17) is 33.9 Å². The van der Waals surface area contributed by atoms with E-state index in [1.54, 1.807) is 13.8 Å². The summed E-state index contributed by atoms with van der Waals surface area (Å²) in [5.74, 6) is 0. The lowest BCUT2D eigenvalue weighted by atomic mass is 10.9. The van der Waals surface area contributed by atoms with Gasteiger partial charge in [-0.25, -0.2) is 0 Å². The molecule has 70 valence electrons. The first-order valence-corrected chi connectivity index (χ1v) is 4.91. The highest BCUT2D eigenvalue weighted by atomic mass is 32.1. The van der Waals surface area contributed by atoms with Crippen molar-refractivity contribution in [3.05, 3.63) is 0 Å². The fourth-order valence-corrected chi connectivity index (χ4v) is 1.43. The van der Waals surface area contributed by atoms with Crippen molar-refractivity contribution >= 4 is 45.9 Å². The van der Waals surface area contributed by atoms with Gasteiger partial charge in [0.05, 0.1) is 0 Å². The van der Waals surface area contributed by atoms with Gasteiger partial charge >= 0.3 is 10.4 Å². The second-order valence-electron chi connectivity index (χ2n) is 2.02. The number of rotatable bonds is 2. The van der Waals surface area contributed by atoms with E-state index in [9.17, 15) is 0 Å². The summed E-state index contributed by atoms with van der Waals surface area (Å²) in [6.07, 6.45) is 0. The van der Waals surface area contributed by atoms with Crippen molar-refractivity contribution in [1.82, 2.24) is 10.2 Å². The van der Waals surface area contributed by atoms with E-state index >= 15 is 0 Å². The predicted octanol–water partition coefficient (Wildman–Crippen LogP) is 1.99. The van der Waals surface area contributed by atoms with Gasteiger partial charge in [-0.2, -0.15) is 0 Å². The van der Waals surface area contributed by atoms with E-state index in [0.29, 0.717) is 20.5 Å². The van der Waals surface area contributed by atoms with Gasteiger partial charge < -0.3 is 9.47 Å². The Morgan fingerprint density at radius 2 is 1.46 bits per heavy atom. The fraction of sp³-hybridized carbons (Fsp3) is 0.333. The van der Waals surface area contributed by atoms with Crippen LogP contribution in [0.1, 0.15) is 13.8 Å². The molecular formula is C6H6N2O2S3. The monoisotopic (exact) mass is 234 g/mol. The lowest BCUT2D eigenvalue weighted by Gasteiger charge is -1.94. The molecule has 0 aromatic carbocycles. The molecular weight excluding hydrogens is 228 g/mol. The van der Waals surface area contributed by atoms with Crippen LogP contribution in [0, 0.1) is 0 Å². The van der Waals surface area contributed by atoms with Crippen LogP contribution in [0.5, 0.6) is 10.4 Å². The summed E-state index contributed by atoms with van der Waals surface area (Å²) in [5, 5.41) is 8.87. The molecule has 7 heteroatoms. The molecule has 0 saturated carbocycles. The number of aromatic nitrogens is 2. The van der Waals surface area contributed by atoms with Crippen LogP contribution >= 0.6 is 35.8 Å². The zero-order chi connectivity index (χ0) is 9.84. The molecule has 1 rings (SSSR count). The van der Waals surface area contributed by atoms with E-state index in [1.165, 1.54) is 0 Å². The summed E-state index contributed by atoms with van der Waals surface area (Å²) < 4.78 is 10.1. The van der Waals surface area contributed by atoms with Crippen molar-refractivity contribution in [1.29, 1.82) is 0 Å². The molecule has 0 aliphatic rings. The number of hydrogen-bond acceptors (Lipinski definition) is 7. The summed E-state index contributed by atoms with van der Waals surface area (Å²) in [6.45, 7) is 3.31. The van der Waals surface area contributed by atoms with Crippen LogP contribution in [-0.4, -0.2) is 20.3 Å². The topological polar surface area (TPSA) is 44.2 Å². The molecule has 0 radical (unpaired) electrons. The Morgan fingerprint density at radius 1 is 1.08 bits per heavy atom. The van der Waals surface area contributed by atoms with Crippen LogP contribution in [0.4, 0.5) is 0 Å². The largest absolute Gasteiger partial charge is 0.423 e. The first-order chi connectivity index (χ1) is 6.08. The van der Waals surface area contributed by atoms with E-state index in [0.717, 1.165) is 11.3 Å². The average Bonchev–Trinajstić information content (AvgIpc) is 2.33. The van der Waals surface area contributed by atoms with Crippen LogP contribution in [0.15, 0.2) is 0 Å². The van der Waals surface area contributed by atoms with Gasteiger partial charge in [0.1, 0.15) is 0 Å². The van der Waals surface area contributed by atoms with Gasteiger partial charge in [0.25, 0.3) is 0 Å². The maximum absolute atomic E-state index is 5.03. The Hall–Kier alpha value is -0.660. The highest BCUT2D eigenvalue weighted by molar-refractivity contribution is 7.80. The summed E-state index contributed by atoms with van der Waals surface area (Å²) in [5.41, 5.74) is 0. The van der Waals surface area contributed by atoms with Crippen molar-refractivity contribution in [3.8, 4) is 10.4 Å². The van der Waals surface area contributed by atoms with Crippen molar-refractivity contribution in [2.24, 2.45) is 0 Å². The van der Waals surface area contributed by atoms with E-state index in [-0.39, 0.29) is 0 Å². The van der Waals surface area contributed by atoms with Gasteiger partial charge in [0.2, 0.25) is 0 Å². The number of thiocarbonyl (C=S) groups is 2. The van der Waals surface area contributed by atoms with Crippen LogP contribution in [0.3, 0.4) is 0 Å². The maximum atomic E-state index is 5.03. The second-order valence-corrected chi connectivity index (χ2v) is 4.07. The molecule has 0 saturated heterocycles. The molecule has 0 N–H and O–H groups in total. The number of nitrogens with zero attached hydrogens (tertiary/aromatic N) is 2. The Morgan fingerprint density at radius 3 is 1.77 bits per heavy atom. The first kappa shape index (κ1) is 10.4. The molecule has 1 aromatic rings. The minimum absolute atomic E-state index is 0.360. The molecule has 0 fully saturated rings. The Balaban J connectivity index is 2.63. The van der Waals surface area contributed by atoms with Crippen LogP contribution in [0.2, 0.25) is 0 Å². The predicted molar refractivity (Wildman–Crippen MR) is 57.7 cm³/mol. The first-order valence-electron chi connectivity index (χ1n) is 3.28. The van der Waals surface area contributed by atoms with E-state index in [1.807, 2.05) is 0 Å². The van der Waals surface area contributed by atoms with Crippen LogP contribution in [0.25, 0.3) is 0 Å². The fourth-order valence-electron chi connectivity index (χ4n) is 0.526. The Labute approximate surface area is 89.9 Å². The molecule has 0 atom stereocenters. The van der Waals surface area contributed by atoms with Crippen molar-refractivity contribution in [3.63, 3.8) is 0 Å². The molecule has 1 aromatic heterocycles. The second kappa shape index (κ2) is 4.54. The molecule has 1 heterocycles. The summed E-state index contributed by atoms with van der Waals surface area (Å²) in [7, 11) is 0. The minimum atomic E-state index is 0.360. The third kappa shape index (κ3) is 3.71. The third-order valence-corrected chi connectivity index (χ3v) is 1.70. The normalized spacial score (nSPS) is 9.38. The minimum Gasteiger partial charge on any atom is -0.423 e. The molecule has 4 nitrogen and oxygen atoms in total. The zero-order valence-corrected chi connectivity index (χ0v) is 9.39. The molecule has 0 bridgehead atoms. The highest BCUT2D eigenvalue weighted by Crippen LogP contribution is 2.24. The number of ether oxygens (including phenoxy) is 2. The van der Waals surface area contributed by atoms with Gasteiger partial charge in [-0.3, -0.25) is 0 Å². The lowest BCUT2D eigenvalue weighted by molar-refractivity contribution is 0.532. The van der Waals surface area contributed by atoms with Crippen molar-refractivity contribution in [2.45, 2.75) is 13.8 Å². The molecule has 0 aliphatic carbocycles. The number of hydrogen-bond donors (Lipinski definition) is 0. The van der Waals surface area contributed by atoms with Gasteiger partial charge in [-0.1, -0.05) is 10.2 Å². The van der Waals surface area contributed by atoms with Gasteiger partial charge in [-0.15, -0.1) is 0 Å². The average molecular weight is 234 g/mol. The van der Waals surface area contributed by atoms with Crippen LogP contribution < -0.4 is 9.47 Å². The highest BCUT2D eigenvalue weighted by Gasteiger charge is 2.07. The van der Waals surface area contributed by atoms with E-state index in [2.05, 4.69) is 10.2 Å². The van der Waals surface area contributed by atoms with Crippen molar-refractivity contribution < 1.29 is 9.47 Å². The summed E-state index contributed by atoms with van der Waals surface area (Å²) in [6, 6.07) is 0. The standard InChI is InChI=1S/C6H6N2O2S3/c1-3(11)9-5-7-8-6(13-5)10-4(2)12/h1-2H3. The van der Waals surface area contributed by atoms with Gasteiger partial charge in [0.15, 0.2) is 10.1 Å². The quantitative estimate of drug-likeness (QED) is 0.729. The third-order valence-electron chi connectivity index (χ3n) is 0.850. The zero-order valence-electron chi connectivity index (χ0n) is 6.94.